The molecule has 0 spiro atoms. The summed E-state index contributed by atoms with van der Waals surface area (Å²) in [5.74, 6) is -4.08. The van der Waals surface area contributed by atoms with Crippen molar-refractivity contribution in [2.24, 2.45) is 29.4 Å². The zero-order chi connectivity index (χ0) is 29.9. The third-order valence-electron chi connectivity index (χ3n) is 8.52. The molecule has 2 saturated carbocycles. The van der Waals surface area contributed by atoms with Gasteiger partial charge in [0.1, 0.15) is 22.0 Å². The van der Waals surface area contributed by atoms with E-state index in [1.54, 1.807) is 20.8 Å². The first-order valence-electron chi connectivity index (χ1n) is 14.1. The Kier molecular flexibility index (Phi) is 7.78. The fraction of sp³-hybridized carbons (Fsp3) is 0.621. The van der Waals surface area contributed by atoms with E-state index in [1.165, 1.54) is 4.90 Å². The fourth-order valence-corrected chi connectivity index (χ4v) is 7.13. The van der Waals surface area contributed by atoms with Gasteiger partial charge in [0.2, 0.25) is 17.6 Å². The maximum absolute atomic E-state index is 14.2. The Labute approximate surface area is 249 Å². The first-order chi connectivity index (χ1) is 19.2. The number of primary amides is 1. The molecule has 1 aliphatic heterocycles. The summed E-state index contributed by atoms with van der Waals surface area (Å²) in [7, 11) is 0. The lowest BCUT2D eigenvalue weighted by atomic mass is 9.94. The minimum atomic E-state index is -1.21. The van der Waals surface area contributed by atoms with Gasteiger partial charge in [-0.1, -0.05) is 37.1 Å². The number of carbonyl (C=O) groups is 5. The number of Topliss-reactive ketones (excluding diaryl/α,β-unsaturated/α-hetero) is 1. The van der Waals surface area contributed by atoms with E-state index in [2.05, 4.69) is 10.6 Å². The molecule has 0 radical (unpaired) electrons. The van der Waals surface area contributed by atoms with Gasteiger partial charge < -0.3 is 26.0 Å². The van der Waals surface area contributed by atoms with E-state index in [0.29, 0.717) is 19.3 Å². The van der Waals surface area contributed by atoms with Gasteiger partial charge in [0.25, 0.3) is 5.91 Å². The van der Waals surface area contributed by atoms with Gasteiger partial charge in [-0.3, -0.25) is 19.2 Å². The van der Waals surface area contributed by atoms with E-state index >= 15 is 0 Å². The first-order valence-corrected chi connectivity index (χ1v) is 14.8. The summed E-state index contributed by atoms with van der Waals surface area (Å²) in [5.41, 5.74) is 6.65. The number of fused-ring (bicyclic) bond motifs is 2. The predicted molar refractivity (Wildman–Crippen MR) is 151 cm³/mol. The normalized spacial score (nSPS) is 25.9. The Bertz CT molecular complexity index is 1250. The molecular formula is C29H36Cl2N4O6. The van der Waals surface area contributed by atoms with E-state index in [4.69, 9.17) is 33.7 Å². The summed E-state index contributed by atoms with van der Waals surface area (Å²) in [6.07, 6.45) is 2.46. The topological polar surface area (TPSA) is 148 Å². The number of likely N-dealkylation sites (tertiary alicyclic amines) is 1. The van der Waals surface area contributed by atoms with Gasteiger partial charge in [0.05, 0.1) is 6.04 Å². The molecule has 4 N–H and O–H groups in total. The lowest BCUT2D eigenvalue weighted by Gasteiger charge is -2.35. The van der Waals surface area contributed by atoms with Crippen molar-refractivity contribution in [1.82, 2.24) is 15.5 Å². The molecule has 3 fully saturated rings. The number of rotatable bonds is 9. The Balaban J connectivity index is 1.39. The van der Waals surface area contributed by atoms with Crippen molar-refractivity contribution in [3.05, 3.63) is 35.4 Å². The number of carbonyl (C=O) groups excluding carboxylic acids is 5. The molecule has 1 saturated heterocycles. The quantitative estimate of drug-likeness (QED) is 0.290. The highest BCUT2D eigenvalue weighted by atomic mass is 35.5. The highest BCUT2D eigenvalue weighted by Crippen LogP contribution is 2.65. The molecule has 1 aromatic carbocycles. The van der Waals surface area contributed by atoms with Crippen LogP contribution in [0.15, 0.2) is 24.3 Å². The molecule has 1 heterocycles. The SMILES string of the molecule is CC(C)(C)OC(=O)N[C@H](C(=O)N1CC2[C@@H]([C@H]1C(=O)NC(CC1CC1)C(=O)C(N)=O)C2(Cl)Cl)C1Cc2ccccc2C1. The van der Waals surface area contributed by atoms with Gasteiger partial charge in [-0.05, 0) is 63.0 Å². The van der Waals surface area contributed by atoms with Crippen LogP contribution in [0.4, 0.5) is 4.79 Å². The number of amides is 4. The van der Waals surface area contributed by atoms with Gasteiger partial charge in [0.15, 0.2) is 0 Å². The Morgan fingerprint density at radius 3 is 2.22 bits per heavy atom. The van der Waals surface area contributed by atoms with Crippen molar-refractivity contribution in [3.8, 4) is 0 Å². The van der Waals surface area contributed by atoms with Crippen LogP contribution < -0.4 is 16.4 Å². The third-order valence-corrected chi connectivity index (χ3v) is 9.58. The van der Waals surface area contributed by atoms with Gasteiger partial charge in [-0.2, -0.15) is 0 Å². The fourth-order valence-electron chi connectivity index (χ4n) is 6.30. The van der Waals surface area contributed by atoms with Gasteiger partial charge in [-0.15, -0.1) is 23.2 Å². The maximum atomic E-state index is 14.2. The molecular weight excluding hydrogens is 571 g/mol. The maximum Gasteiger partial charge on any atom is 0.408 e. The van der Waals surface area contributed by atoms with E-state index in [1.807, 2.05) is 24.3 Å². The lowest BCUT2D eigenvalue weighted by molar-refractivity contribution is -0.144. The lowest BCUT2D eigenvalue weighted by Crippen LogP contribution is -2.60. The van der Waals surface area contributed by atoms with Crippen molar-refractivity contribution in [3.63, 3.8) is 0 Å². The standard InChI is InChI=1S/C29H36Cl2N4O6/c1-28(2,3)41-27(40)34-21(17-11-15-6-4-5-7-16(15)12-17)26(39)35-13-18-20(29(18,30)31)22(35)25(38)33-19(10-14-8-9-14)23(36)24(32)37/h4-7,14,17-22H,8-13H2,1-3H3,(H2,32,37)(H,33,38)(H,34,40)/t18?,19?,20-,21-,22-/m0/s1. The van der Waals surface area contributed by atoms with Crippen molar-refractivity contribution in [2.45, 2.75) is 80.9 Å². The molecule has 5 atom stereocenters. The number of nitrogens with zero attached hydrogens (tertiary/aromatic N) is 1. The molecule has 2 unspecified atom stereocenters. The molecule has 0 aromatic heterocycles. The number of halogens is 2. The third kappa shape index (κ3) is 6.18. The molecule has 3 aliphatic carbocycles. The molecule has 4 amide bonds. The minimum absolute atomic E-state index is 0.109. The number of nitrogens with two attached hydrogens (primary N) is 1. The average Bonchev–Trinajstić information content (AvgIpc) is 3.63. The second-order valence-corrected chi connectivity index (χ2v) is 14.2. The highest BCUT2D eigenvalue weighted by molar-refractivity contribution is 6.51. The van der Waals surface area contributed by atoms with Gasteiger partial charge in [0, 0.05) is 18.4 Å². The average molecular weight is 608 g/mol. The molecule has 0 bridgehead atoms. The van der Waals surface area contributed by atoms with Gasteiger partial charge >= 0.3 is 6.09 Å². The summed E-state index contributed by atoms with van der Waals surface area (Å²) < 4.78 is 4.26. The number of benzene rings is 1. The molecule has 1 aromatic rings. The van der Waals surface area contributed by atoms with Crippen LogP contribution >= 0.6 is 23.2 Å². The Hall–Kier alpha value is -2.85. The van der Waals surface area contributed by atoms with Gasteiger partial charge in [-0.25, -0.2) is 4.79 Å². The number of ether oxygens (including phenoxy) is 1. The summed E-state index contributed by atoms with van der Waals surface area (Å²) in [6, 6.07) is 4.69. The second kappa shape index (κ2) is 10.8. The zero-order valence-corrected chi connectivity index (χ0v) is 24.8. The summed E-state index contributed by atoms with van der Waals surface area (Å²) in [6.45, 7) is 5.30. The van der Waals surface area contributed by atoms with Crippen LogP contribution in [-0.4, -0.2) is 69.1 Å². The summed E-state index contributed by atoms with van der Waals surface area (Å²) >= 11 is 13.0. The highest BCUT2D eigenvalue weighted by Gasteiger charge is 2.74. The van der Waals surface area contributed by atoms with Crippen molar-refractivity contribution in [2.75, 3.05) is 6.54 Å². The largest absolute Gasteiger partial charge is 0.444 e. The zero-order valence-electron chi connectivity index (χ0n) is 23.3. The van der Waals surface area contributed by atoms with Crippen LogP contribution in [0.5, 0.6) is 0 Å². The van der Waals surface area contributed by atoms with E-state index in [9.17, 15) is 24.0 Å². The number of ketones is 1. The Morgan fingerprint density at radius 1 is 1.07 bits per heavy atom. The number of nitrogens with one attached hydrogen (secondary N) is 2. The first kappa shape index (κ1) is 29.6. The molecule has 10 nitrogen and oxygen atoms in total. The number of hydrogen-bond acceptors (Lipinski definition) is 6. The number of alkyl carbamates (subject to hydrolysis) is 1. The van der Waals surface area contributed by atoms with Crippen LogP contribution in [0, 0.1) is 23.7 Å². The van der Waals surface area contributed by atoms with Crippen molar-refractivity contribution < 1.29 is 28.7 Å². The number of alkyl halides is 2. The monoisotopic (exact) mass is 606 g/mol. The Morgan fingerprint density at radius 2 is 1.68 bits per heavy atom. The van der Waals surface area contributed by atoms with E-state index in [-0.39, 0.29) is 24.3 Å². The number of hydrogen-bond donors (Lipinski definition) is 3. The molecule has 222 valence electrons. The van der Waals surface area contributed by atoms with Crippen molar-refractivity contribution in [1.29, 1.82) is 0 Å². The van der Waals surface area contributed by atoms with Crippen LogP contribution in [0.25, 0.3) is 0 Å². The van der Waals surface area contributed by atoms with Crippen LogP contribution in [0.1, 0.15) is 51.2 Å². The number of piperidine rings is 1. The summed E-state index contributed by atoms with van der Waals surface area (Å²) in [5, 5.41) is 5.45. The summed E-state index contributed by atoms with van der Waals surface area (Å²) in [4.78, 5) is 66.5. The van der Waals surface area contributed by atoms with Crippen LogP contribution in [0.2, 0.25) is 0 Å². The van der Waals surface area contributed by atoms with Crippen LogP contribution in [-0.2, 0) is 36.8 Å². The molecule has 41 heavy (non-hydrogen) atoms. The minimum Gasteiger partial charge on any atom is -0.444 e. The molecule has 12 heteroatoms. The molecule has 4 aliphatic rings. The second-order valence-electron chi connectivity index (χ2n) is 12.8. The van der Waals surface area contributed by atoms with Crippen molar-refractivity contribution >= 4 is 52.8 Å². The predicted octanol–water partition coefficient (Wildman–Crippen LogP) is 2.26. The van der Waals surface area contributed by atoms with E-state index in [0.717, 1.165) is 24.0 Å². The van der Waals surface area contributed by atoms with E-state index < -0.39 is 63.6 Å². The molecule has 5 rings (SSSR count). The van der Waals surface area contributed by atoms with Crippen LogP contribution in [0.3, 0.4) is 0 Å². The smallest absolute Gasteiger partial charge is 0.408 e.